The van der Waals surface area contributed by atoms with E-state index in [0.29, 0.717) is 12.2 Å². The maximum absolute atomic E-state index is 11.9. The first-order chi connectivity index (χ1) is 11.1. The van der Waals surface area contributed by atoms with Crippen molar-refractivity contribution in [3.05, 3.63) is 47.8 Å². The van der Waals surface area contributed by atoms with Gasteiger partial charge in [-0.05, 0) is 29.9 Å². The number of rotatable bonds is 6. The highest BCUT2D eigenvalue weighted by atomic mass is 16.2. The highest BCUT2D eigenvalue weighted by Crippen LogP contribution is 2.39. The van der Waals surface area contributed by atoms with Crippen molar-refractivity contribution < 1.29 is 9.59 Å². The van der Waals surface area contributed by atoms with Gasteiger partial charge in [0.1, 0.15) is 6.54 Å². The Morgan fingerprint density at radius 2 is 2.00 bits per heavy atom. The van der Waals surface area contributed by atoms with Gasteiger partial charge in [-0.25, -0.2) is 4.79 Å². The number of benzene rings is 1. The monoisotopic (exact) mass is 313 g/mol. The first-order valence-corrected chi connectivity index (χ1v) is 7.54. The molecule has 1 aromatic carbocycles. The van der Waals surface area contributed by atoms with E-state index in [-0.39, 0.29) is 12.6 Å². The smallest absolute Gasteiger partial charge is 0.319 e. The molecule has 7 nitrogen and oxygen atoms in total. The standard InChI is InChI=1S/C16H19N5O2/c17-15(22)10-21-9-14(8-19-21)20-16(23)18-7-11-1-3-12(4-2-11)13-5-6-13/h1-4,8-9,13H,5-7,10H2,(H2,17,22)(H2,18,20,23). The van der Waals surface area contributed by atoms with E-state index < -0.39 is 5.91 Å². The Balaban J connectivity index is 1.47. The van der Waals surface area contributed by atoms with Crippen molar-refractivity contribution in [3.63, 3.8) is 0 Å². The Morgan fingerprint density at radius 1 is 1.26 bits per heavy atom. The lowest BCUT2D eigenvalue weighted by atomic mass is 10.1. The maximum Gasteiger partial charge on any atom is 0.319 e. The number of urea groups is 1. The highest BCUT2D eigenvalue weighted by Gasteiger charge is 2.22. The second-order valence-corrected chi connectivity index (χ2v) is 5.72. The molecule has 0 saturated heterocycles. The molecular weight excluding hydrogens is 294 g/mol. The average Bonchev–Trinajstić information content (AvgIpc) is 3.28. The van der Waals surface area contributed by atoms with Crippen molar-refractivity contribution in [2.45, 2.75) is 31.8 Å². The molecule has 4 N–H and O–H groups in total. The molecular formula is C16H19N5O2. The summed E-state index contributed by atoms with van der Waals surface area (Å²) in [5, 5.41) is 9.38. The molecule has 0 atom stereocenters. The zero-order chi connectivity index (χ0) is 16.2. The van der Waals surface area contributed by atoms with Crippen LogP contribution < -0.4 is 16.4 Å². The summed E-state index contributed by atoms with van der Waals surface area (Å²) in [7, 11) is 0. The summed E-state index contributed by atoms with van der Waals surface area (Å²) < 4.78 is 1.37. The summed E-state index contributed by atoms with van der Waals surface area (Å²) in [5.41, 5.74) is 8.01. The Bertz CT molecular complexity index is 704. The van der Waals surface area contributed by atoms with Crippen LogP contribution in [0.5, 0.6) is 0 Å². The van der Waals surface area contributed by atoms with Crippen molar-refractivity contribution >= 4 is 17.6 Å². The number of anilines is 1. The minimum Gasteiger partial charge on any atom is -0.368 e. The van der Waals surface area contributed by atoms with Crippen LogP contribution >= 0.6 is 0 Å². The van der Waals surface area contributed by atoms with Gasteiger partial charge in [0.15, 0.2) is 0 Å². The minimum absolute atomic E-state index is 0.0172. The topological polar surface area (TPSA) is 102 Å². The number of amides is 3. The molecule has 1 aliphatic rings. The molecule has 3 rings (SSSR count). The van der Waals surface area contributed by atoms with Crippen LogP contribution in [0, 0.1) is 0 Å². The molecule has 1 fully saturated rings. The van der Waals surface area contributed by atoms with Crippen molar-refractivity contribution in [2.75, 3.05) is 5.32 Å². The predicted octanol–water partition coefficient (Wildman–Crippen LogP) is 1.57. The van der Waals surface area contributed by atoms with E-state index in [1.165, 1.54) is 29.3 Å². The number of primary amides is 1. The van der Waals surface area contributed by atoms with Crippen LogP contribution in [0.15, 0.2) is 36.7 Å². The fraction of sp³-hybridized carbons (Fsp3) is 0.312. The highest BCUT2D eigenvalue weighted by molar-refractivity contribution is 5.88. The fourth-order valence-corrected chi connectivity index (χ4v) is 2.36. The number of nitrogens with one attached hydrogen (secondary N) is 2. The zero-order valence-corrected chi connectivity index (χ0v) is 12.7. The van der Waals surface area contributed by atoms with Gasteiger partial charge < -0.3 is 16.4 Å². The van der Waals surface area contributed by atoms with Crippen LogP contribution in [0.4, 0.5) is 10.5 Å². The van der Waals surface area contributed by atoms with Gasteiger partial charge in [-0.1, -0.05) is 24.3 Å². The van der Waals surface area contributed by atoms with Crippen LogP contribution in [-0.2, 0) is 17.9 Å². The van der Waals surface area contributed by atoms with E-state index in [4.69, 9.17) is 5.73 Å². The van der Waals surface area contributed by atoms with Crippen LogP contribution in [0.2, 0.25) is 0 Å². The quantitative estimate of drug-likeness (QED) is 0.754. The van der Waals surface area contributed by atoms with Gasteiger partial charge >= 0.3 is 6.03 Å². The summed E-state index contributed by atoms with van der Waals surface area (Å²) in [6.07, 6.45) is 5.58. The Kier molecular flexibility index (Phi) is 4.27. The second kappa shape index (κ2) is 6.51. The molecule has 1 saturated carbocycles. The number of hydrogen-bond donors (Lipinski definition) is 3. The molecule has 0 radical (unpaired) electrons. The summed E-state index contributed by atoms with van der Waals surface area (Å²) in [6, 6.07) is 8.01. The Morgan fingerprint density at radius 3 is 2.65 bits per heavy atom. The van der Waals surface area contributed by atoms with Gasteiger partial charge in [-0.3, -0.25) is 9.48 Å². The fourth-order valence-electron chi connectivity index (χ4n) is 2.36. The number of carbonyl (C=O) groups is 2. The molecule has 1 heterocycles. The number of carbonyl (C=O) groups excluding carboxylic acids is 2. The van der Waals surface area contributed by atoms with Crippen molar-refractivity contribution in [3.8, 4) is 0 Å². The third-order valence-corrected chi connectivity index (χ3v) is 3.69. The van der Waals surface area contributed by atoms with E-state index >= 15 is 0 Å². The largest absolute Gasteiger partial charge is 0.368 e. The van der Waals surface area contributed by atoms with Crippen LogP contribution in [0.3, 0.4) is 0 Å². The molecule has 0 spiro atoms. The van der Waals surface area contributed by atoms with Gasteiger partial charge in [0.05, 0.1) is 11.9 Å². The van der Waals surface area contributed by atoms with E-state index in [1.807, 2.05) is 12.1 Å². The number of hydrogen-bond acceptors (Lipinski definition) is 3. The lowest BCUT2D eigenvalue weighted by molar-refractivity contribution is -0.118. The predicted molar refractivity (Wildman–Crippen MR) is 85.7 cm³/mol. The molecule has 3 amide bonds. The summed E-state index contributed by atoms with van der Waals surface area (Å²) >= 11 is 0. The molecule has 7 heteroatoms. The minimum atomic E-state index is -0.487. The molecule has 0 bridgehead atoms. The van der Waals surface area contributed by atoms with Gasteiger partial charge in [0.25, 0.3) is 0 Å². The number of nitrogens with two attached hydrogens (primary N) is 1. The Hall–Kier alpha value is -2.83. The third kappa shape index (κ3) is 4.32. The number of nitrogens with zero attached hydrogens (tertiary/aromatic N) is 2. The molecule has 120 valence electrons. The van der Waals surface area contributed by atoms with E-state index in [1.54, 1.807) is 6.20 Å². The molecule has 0 aliphatic heterocycles. The number of aromatic nitrogens is 2. The molecule has 2 aromatic rings. The zero-order valence-electron chi connectivity index (χ0n) is 12.7. The van der Waals surface area contributed by atoms with Crippen LogP contribution in [0.1, 0.15) is 29.9 Å². The molecule has 1 aromatic heterocycles. The van der Waals surface area contributed by atoms with Gasteiger partial charge in [0, 0.05) is 12.7 Å². The second-order valence-electron chi connectivity index (χ2n) is 5.72. The maximum atomic E-state index is 11.9. The molecule has 23 heavy (non-hydrogen) atoms. The third-order valence-electron chi connectivity index (χ3n) is 3.69. The first-order valence-electron chi connectivity index (χ1n) is 7.54. The van der Waals surface area contributed by atoms with E-state index in [2.05, 4.69) is 27.9 Å². The molecule has 1 aliphatic carbocycles. The van der Waals surface area contributed by atoms with Crippen LogP contribution in [0.25, 0.3) is 0 Å². The van der Waals surface area contributed by atoms with E-state index in [0.717, 1.165) is 11.5 Å². The Labute approximate surface area is 133 Å². The summed E-state index contributed by atoms with van der Waals surface area (Å²) in [6.45, 7) is 0.433. The lowest BCUT2D eigenvalue weighted by Crippen LogP contribution is -2.28. The first kappa shape index (κ1) is 15.1. The summed E-state index contributed by atoms with van der Waals surface area (Å²) in [5.74, 6) is 0.246. The molecule has 0 unspecified atom stereocenters. The normalized spacial score (nSPS) is 13.6. The lowest BCUT2D eigenvalue weighted by Gasteiger charge is -2.07. The summed E-state index contributed by atoms with van der Waals surface area (Å²) in [4.78, 5) is 22.6. The van der Waals surface area contributed by atoms with Gasteiger partial charge in [-0.2, -0.15) is 5.10 Å². The van der Waals surface area contributed by atoms with Crippen molar-refractivity contribution in [2.24, 2.45) is 5.73 Å². The van der Waals surface area contributed by atoms with Crippen molar-refractivity contribution in [1.29, 1.82) is 0 Å². The van der Waals surface area contributed by atoms with Crippen molar-refractivity contribution in [1.82, 2.24) is 15.1 Å². The van der Waals surface area contributed by atoms with E-state index in [9.17, 15) is 9.59 Å². The average molecular weight is 313 g/mol. The van der Waals surface area contributed by atoms with Gasteiger partial charge in [0.2, 0.25) is 5.91 Å². The van der Waals surface area contributed by atoms with Gasteiger partial charge in [-0.15, -0.1) is 0 Å². The van der Waals surface area contributed by atoms with Crippen LogP contribution in [-0.4, -0.2) is 21.7 Å². The SMILES string of the molecule is NC(=O)Cn1cc(NC(=O)NCc2ccc(C3CC3)cc2)cn1.